The Labute approximate surface area is 121 Å². The fourth-order valence-electron chi connectivity index (χ4n) is 2.31. The van der Waals surface area contributed by atoms with Crippen molar-refractivity contribution in [2.45, 2.75) is 13.5 Å². The van der Waals surface area contributed by atoms with Gasteiger partial charge in [-0.2, -0.15) is 0 Å². The van der Waals surface area contributed by atoms with Gasteiger partial charge in [-0.1, -0.05) is 6.07 Å². The molecule has 1 aliphatic heterocycles. The highest BCUT2D eigenvalue weighted by Crippen LogP contribution is 2.29. The topological polar surface area (TPSA) is 49.4 Å². The van der Waals surface area contributed by atoms with Gasteiger partial charge >= 0.3 is 0 Å². The van der Waals surface area contributed by atoms with Crippen LogP contribution in [0.5, 0.6) is 0 Å². The quantitative estimate of drug-likeness (QED) is 0.879. The minimum atomic E-state index is -0.543. The second-order valence-corrected chi connectivity index (χ2v) is 5.64. The number of ketones is 1. The fourth-order valence-corrected chi connectivity index (χ4v) is 3.03. The number of carbonyl (C=O) groups excluding carboxylic acids is 2. The van der Waals surface area contributed by atoms with E-state index in [9.17, 15) is 9.59 Å². The van der Waals surface area contributed by atoms with Crippen molar-refractivity contribution < 1.29 is 9.59 Å². The van der Waals surface area contributed by atoms with E-state index in [1.54, 1.807) is 17.4 Å². The molecule has 1 amide bonds. The highest BCUT2D eigenvalue weighted by atomic mass is 32.1. The molecule has 5 heteroatoms. The molecule has 0 saturated carbocycles. The molecule has 2 aromatic rings. The van der Waals surface area contributed by atoms with Gasteiger partial charge in [-0.3, -0.25) is 9.59 Å². The number of nitrogens with one attached hydrogen (secondary N) is 1. The van der Waals surface area contributed by atoms with Gasteiger partial charge in [0.25, 0.3) is 11.7 Å². The zero-order valence-corrected chi connectivity index (χ0v) is 11.9. The minimum absolute atomic E-state index is 0.451. The normalized spacial score (nSPS) is 13.2. The first-order valence-electron chi connectivity index (χ1n) is 6.46. The van der Waals surface area contributed by atoms with Gasteiger partial charge in [0.1, 0.15) is 0 Å². The van der Waals surface area contributed by atoms with Gasteiger partial charge in [0.05, 0.1) is 17.8 Å². The number of thiophene rings is 1. The molecule has 0 fully saturated rings. The summed E-state index contributed by atoms with van der Waals surface area (Å²) in [6.07, 6.45) is 0. The Hall–Kier alpha value is -2.14. The summed E-state index contributed by atoms with van der Waals surface area (Å²) in [5.74, 6) is -0.994. The van der Waals surface area contributed by atoms with Crippen LogP contribution >= 0.6 is 11.3 Å². The number of hydrogen-bond donors (Lipinski definition) is 1. The lowest BCUT2D eigenvalue weighted by Gasteiger charge is -2.23. The van der Waals surface area contributed by atoms with E-state index in [2.05, 4.69) is 28.6 Å². The first-order chi connectivity index (χ1) is 9.69. The van der Waals surface area contributed by atoms with Gasteiger partial charge < -0.3 is 10.2 Å². The van der Waals surface area contributed by atoms with Crippen LogP contribution in [0.2, 0.25) is 0 Å². The van der Waals surface area contributed by atoms with Crippen LogP contribution in [-0.2, 0) is 11.3 Å². The van der Waals surface area contributed by atoms with Crippen molar-refractivity contribution in [3.8, 4) is 0 Å². The minimum Gasteiger partial charge on any atom is -0.367 e. The molecule has 1 N–H and O–H groups in total. The third-order valence-corrected chi connectivity index (χ3v) is 4.24. The monoisotopic (exact) mass is 286 g/mol. The molecule has 0 bridgehead atoms. The van der Waals surface area contributed by atoms with Gasteiger partial charge in [-0.05, 0) is 36.6 Å². The number of anilines is 2. The van der Waals surface area contributed by atoms with Gasteiger partial charge in [-0.25, -0.2) is 0 Å². The second kappa shape index (κ2) is 5.09. The number of rotatable bonds is 4. The molecule has 0 radical (unpaired) electrons. The maximum Gasteiger partial charge on any atom is 0.296 e. The molecule has 102 valence electrons. The SMILES string of the molecule is CCN(Cc1cccs1)c1ccc2c(c1)NC(=O)C2=O. The maximum atomic E-state index is 11.6. The summed E-state index contributed by atoms with van der Waals surface area (Å²) < 4.78 is 0. The molecule has 1 aliphatic rings. The van der Waals surface area contributed by atoms with Crippen molar-refractivity contribution in [3.63, 3.8) is 0 Å². The Morgan fingerprint density at radius 3 is 2.80 bits per heavy atom. The molecule has 4 nitrogen and oxygen atoms in total. The van der Waals surface area contributed by atoms with E-state index < -0.39 is 11.7 Å². The zero-order chi connectivity index (χ0) is 14.1. The molecule has 0 unspecified atom stereocenters. The molecule has 1 aromatic carbocycles. The summed E-state index contributed by atoms with van der Waals surface area (Å²) in [6.45, 7) is 3.78. The predicted molar refractivity (Wildman–Crippen MR) is 80.4 cm³/mol. The second-order valence-electron chi connectivity index (χ2n) is 4.61. The van der Waals surface area contributed by atoms with Gasteiger partial charge in [0.15, 0.2) is 0 Å². The van der Waals surface area contributed by atoms with Crippen LogP contribution < -0.4 is 10.2 Å². The Morgan fingerprint density at radius 2 is 2.10 bits per heavy atom. The molecule has 2 heterocycles. The van der Waals surface area contributed by atoms with E-state index in [0.29, 0.717) is 11.3 Å². The zero-order valence-electron chi connectivity index (χ0n) is 11.1. The first-order valence-corrected chi connectivity index (χ1v) is 7.34. The molecular weight excluding hydrogens is 272 g/mol. The van der Waals surface area contributed by atoms with E-state index in [1.807, 2.05) is 18.2 Å². The number of carbonyl (C=O) groups is 2. The summed E-state index contributed by atoms with van der Waals surface area (Å²) in [6, 6.07) is 9.63. The van der Waals surface area contributed by atoms with Crippen LogP contribution in [0, 0.1) is 0 Å². The summed E-state index contributed by atoms with van der Waals surface area (Å²) in [5, 5.41) is 4.67. The predicted octanol–water partition coefficient (Wildman–Crippen LogP) is 2.91. The highest BCUT2D eigenvalue weighted by Gasteiger charge is 2.28. The summed E-state index contributed by atoms with van der Waals surface area (Å²) in [7, 11) is 0. The van der Waals surface area contributed by atoms with Crippen LogP contribution in [0.15, 0.2) is 35.7 Å². The molecule has 0 spiro atoms. The average Bonchev–Trinajstić information content (AvgIpc) is 3.05. The largest absolute Gasteiger partial charge is 0.367 e. The van der Waals surface area contributed by atoms with E-state index in [4.69, 9.17) is 0 Å². The lowest BCUT2D eigenvalue weighted by molar-refractivity contribution is -0.112. The standard InChI is InChI=1S/C15H14N2O2S/c1-2-17(9-11-4-3-7-20-11)10-5-6-12-13(8-10)16-15(19)14(12)18/h3-8H,2,9H2,1H3,(H,16,18,19). The summed E-state index contributed by atoms with van der Waals surface area (Å²) >= 11 is 1.72. The third kappa shape index (κ3) is 2.20. The van der Waals surface area contributed by atoms with E-state index in [0.717, 1.165) is 18.8 Å². The van der Waals surface area contributed by atoms with Crippen LogP contribution in [0.4, 0.5) is 11.4 Å². The van der Waals surface area contributed by atoms with Crippen LogP contribution in [0.25, 0.3) is 0 Å². The number of nitrogens with zero attached hydrogens (tertiary/aromatic N) is 1. The number of benzene rings is 1. The molecule has 0 atom stereocenters. The Morgan fingerprint density at radius 1 is 1.25 bits per heavy atom. The average molecular weight is 286 g/mol. The highest BCUT2D eigenvalue weighted by molar-refractivity contribution is 7.09. The fraction of sp³-hybridized carbons (Fsp3) is 0.200. The Bertz CT molecular complexity index is 665. The third-order valence-electron chi connectivity index (χ3n) is 3.38. The smallest absolute Gasteiger partial charge is 0.296 e. The van der Waals surface area contributed by atoms with Gasteiger partial charge in [-0.15, -0.1) is 11.3 Å². The first kappa shape index (κ1) is 12.9. The number of fused-ring (bicyclic) bond motifs is 1. The maximum absolute atomic E-state index is 11.6. The van der Waals surface area contributed by atoms with Crippen molar-refractivity contribution >= 4 is 34.4 Å². The van der Waals surface area contributed by atoms with Crippen molar-refractivity contribution in [1.82, 2.24) is 0 Å². The van der Waals surface area contributed by atoms with E-state index in [1.165, 1.54) is 4.88 Å². The molecule has 1 aromatic heterocycles. The number of Topliss-reactive ketones (excluding diaryl/α,β-unsaturated/α-hetero) is 1. The lowest BCUT2D eigenvalue weighted by atomic mass is 10.1. The molecule has 0 saturated heterocycles. The number of hydrogen-bond acceptors (Lipinski definition) is 4. The molecular formula is C15H14N2O2S. The Kier molecular flexibility index (Phi) is 3.28. The van der Waals surface area contributed by atoms with Crippen LogP contribution in [0.3, 0.4) is 0 Å². The lowest BCUT2D eigenvalue weighted by Crippen LogP contribution is -2.21. The number of amides is 1. The molecule has 0 aliphatic carbocycles. The van der Waals surface area contributed by atoms with Crippen molar-refractivity contribution in [3.05, 3.63) is 46.2 Å². The van der Waals surface area contributed by atoms with E-state index in [-0.39, 0.29) is 0 Å². The van der Waals surface area contributed by atoms with Crippen molar-refractivity contribution in [2.24, 2.45) is 0 Å². The molecule has 3 rings (SSSR count). The van der Waals surface area contributed by atoms with Crippen LogP contribution in [-0.4, -0.2) is 18.2 Å². The van der Waals surface area contributed by atoms with Crippen molar-refractivity contribution in [1.29, 1.82) is 0 Å². The molecule has 20 heavy (non-hydrogen) atoms. The summed E-state index contributed by atoms with van der Waals surface area (Å²) in [5.41, 5.74) is 2.09. The van der Waals surface area contributed by atoms with Crippen molar-refractivity contribution in [2.75, 3.05) is 16.8 Å². The van der Waals surface area contributed by atoms with Crippen LogP contribution in [0.1, 0.15) is 22.2 Å². The van der Waals surface area contributed by atoms with Gasteiger partial charge in [0.2, 0.25) is 0 Å². The Balaban J connectivity index is 1.88. The summed E-state index contributed by atoms with van der Waals surface area (Å²) in [4.78, 5) is 26.4. The van der Waals surface area contributed by atoms with E-state index >= 15 is 0 Å². The van der Waals surface area contributed by atoms with Gasteiger partial charge in [0, 0.05) is 17.1 Å².